The predicted octanol–water partition coefficient (Wildman–Crippen LogP) is 3.16. The fourth-order valence-corrected chi connectivity index (χ4v) is 3.90. The lowest BCUT2D eigenvalue weighted by molar-refractivity contribution is -0.145. The molecule has 0 aliphatic heterocycles. The molecule has 0 saturated carbocycles. The average Bonchev–Trinajstić information content (AvgIpc) is 2.70. The van der Waals surface area contributed by atoms with E-state index in [9.17, 15) is 14.4 Å². The molecule has 0 bridgehead atoms. The van der Waals surface area contributed by atoms with Gasteiger partial charge in [0.25, 0.3) is 5.56 Å². The van der Waals surface area contributed by atoms with E-state index in [1.807, 2.05) is 39.8 Å². The van der Waals surface area contributed by atoms with Crippen molar-refractivity contribution < 1.29 is 14.3 Å². The Hall–Kier alpha value is -2.35. The molecule has 1 heterocycles. The standard InChI is InChI=1S/C21H29N3O4S/c1-6-14(4)24-19(26)15-9-7-8-10-16(15)23-21(24)29-12-18(25)22-17(11-13(2)3)20(27)28-5/h7-10,13-14,17H,6,11-12H2,1-5H3,(H,22,25)/t14-,17+/m0/s1. The normalized spacial score (nSPS) is 13.3. The largest absolute Gasteiger partial charge is 0.467 e. The Bertz CT molecular complexity index is 926. The van der Waals surface area contributed by atoms with Crippen LogP contribution in [0.25, 0.3) is 10.9 Å². The third-order valence-electron chi connectivity index (χ3n) is 4.67. The molecule has 1 N–H and O–H groups in total. The summed E-state index contributed by atoms with van der Waals surface area (Å²) in [5.41, 5.74) is 0.493. The van der Waals surface area contributed by atoms with Gasteiger partial charge in [-0.25, -0.2) is 9.78 Å². The van der Waals surface area contributed by atoms with Crippen molar-refractivity contribution >= 4 is 34.5 Å². The number of carbonyl (C=O) groups excluding carboxylic acids is 2. The summed E-state index contributed by atoms with van der Waals surface area (Å²) < 4.78 is 6.43. The molecular weight excluding hydrogens is 390 g/mol. The maximum atomic E-state index is 13.0. The quantitative estimate of drug-likeness (QED) is 0.381. The minimum absolute atomic E-state index is 0.0473. The molecule has 158 valence electrons. The first kappa shape index (κ1) is 22.9. The third kappa shape index (κ3) is 5.82. The van der Waals surface area contributed by atoms with Crippen LogP contribution in [0.5, 0.6) is 0 Å². The Kier molecular flexibility index (Phi) is 8.25. The first-order valence-corrected chi connectivity index (χ1v) is 10.8. The van der Waals surface area contributed by atoms with Crippen molar-refractivity contribution in [1.29, 1.82) is 0 Å². The molecule has 0 saturated heterocycles. The first-order chi connectivity index (χ1) is 13.8. The van der Waals surface area contributed by atoms with Crippen molar-refractivity contribution in [3.8, 4) is 0 Å². The SMILES string of the molecule is CC[C@H](C)n1c(SCC(=O)N[C@H](CC(C)C)C(=O)OC)nc2ccccc2c1=O. The van der Waals surface area contributed by atoms with E-state index < -0.39 is 12.0 Å². The van der Waals surface area contributed by atoms with Gasteiger partial charge in [-0.15, -0.1) is 0 Å². The number of ether oxygens (including phenoxy) is 1. The van der Waals surface area contributed by atoms with E-state index in [1.165, 1.54) is 18.9 Å². The minimum Gasteiger partial charge on any atom is -0.467 e. The molecule has 1 amide bonds. The van der Waals surface area contributed by atoms with Crippen LogP contribution in [-0.4, -0.2) is 40.3 Å². The summed E-state index contributed by atoms with van der Waals surface area (Å²) in [6, 6.07) is 6.46. The average molecular weight is 420 g/mol. The predicted molar refractivity (Wildman–Crippen MR) is 115 cm³/mol. The minimum atomic E-state index is -0.686. The number of carbonyl (C=O) groups is 2. The molecule has 2 aromatic rings. The number of benzene rings is 1. The summed E-state index contributed by atoms with van der Waals surface area (Å²) in [5.74, 6) is -0.487. The van der Waals surface area contributed by atoms with E-state index in [4.69, 9.17) is 4.74 Å². The van der Waals surface area contributed by atoms with Crippen LogP contribution in [-0.2, 0) is 14.3 Å². The van der Waals surface area contributed by atoms with E-state index in [-0.39, 0.29) is 29.2 Å². The molecule has 1 aromatic carbocycles. The van der Waals surface area contributed by atoms with Crippen LogP contribution in [0.1, 0.15) is 46.6 Å². The highest BCUT2D eigenvalue weighted by Gasteiger charge is 2.23. The van der Waals surface area contributed by atoms with Gasteiger partial charge in [-0.3, -0.25) is 14.2 Å². The molecular formula is C21H29N3O4S. The number of nitrogens with one attached hydrogen (secondary N) is 1. The second kappa shape index (κ2) is 10.4. The van der Waals surface area contributed by atoms with Gasteiger partial charge in [0.15, 0.2) is 5.16 Å². The van der Waals surface area contributed by atoms with Gasteiger partial charge in [0.2, 0.25) is 5.91 Å². The number of fused-ring (bicyclic) bond motifs is 1. The number of hydrogen-bond donors (Lipinski definition) is 1. The highest BCUT2D eigenvalue weighted by molar-refractivity contribution is 7.99. The van der Waals surface area contributed by atoms with Crippen LogP contribution < -0.4 is 10.9 Å². The maximum Gasteiger partial charge on any atom is 0.328 e. The van der Waals surface area contributed by atoms with Gasteiger partial charge in [-0.05, 0) is 37.8 Å². The van der Waals surface area contributed by atoms with Crippen LogP contribution in [0.3, 0.4) is 0 Å². The fraction of sp³-hybridized carbons (Fsp3) is 0.524. The molecule has 2 rings (SSSR count). The molecule has 0 aliphatic carbocycles. The lowest BCUT2D eigenvalue weighted by atomic mass is 10.0. The Morgan fingerprint density at radius 1 is 1.24 bits per heavy atom. The van der Waals surface area contributed by atoms with Crippen LogP contribution in [0.4, 0.5) is 0 Å². The first-order valence-electron chi connectivity index (χ1n) is 9.79. The zero-order chi connectivity index (χ0) is 21.6. The van der Waals surface area contributed by atoms with Gasteiger partial charge < -0.3 is 10.1 Å². The number of esters is 1. The number of amides is 1. The van der Waals surface area contributed by atoms with Crippen molar-refractivity contribution in [3.63, 3.8) is 0 Å². The van der Waals surface area contributed by atoms with Crippen LogP contribution in [0, 0.1) is 5.92 Å². The smallest absolute Gasteiger partial charge is 0.328 e. The summed E-state index contributed by atoms with van der Waals surface area (Å²) in [6.07, 6.45) is 1.26. The number of nitrogens with zero attached hydrogens (tertiary/aromatic N) is 2. The van der Waals surface area contributed by atoms with E-state index in [2.05, 4.69) is 10.3 Å². The number of para-hydroxylation sites is 1. The third-order valence-corrected chi connectivity index (χ3v) is 5.62. The molecule has 0 spiro atoms. The van der Waals surface area contributed by atoms with Crippen molar-refractivity contribution in [3.05, 3.63) is 34.6 Å². The van der Waals surface area contributed by atoms with Gasteiger partial charge in [0.1, 0.15) is 6.04 Å². The topological polar surface area (TPSA) is 90.3 Å². The van der Waals surface area contributed by atoms with Crippen molar-refractivity contribution in [2.75, 3.05) is 12.9 Å². The Balaban J connectivity index is 2.23. The van der Waals surface area contributed by atoms with Crippen molar-refractivity contribution in [1.82, 2.24) is 14.9 Å². The van der Waals surface area contributed by atoms with E-state index >= 15 is 0 Å². The number of hydrogen-bond acceptors (Lipinski definition) is 6. The molecule has 2 atom stereocenters. The summed E-state index contributed by atoms with van der Waals surface area (Å²) >= 11 is 1.20. The van der Waals surface area contributed by atoms with E-state index in [0.717, 1.165) is 6.42 Å². The Morgan fingerprint density at radius 2 is 1.93 bits per heavy atom. The Morgan fingerprint density at radius 3 is 2.55 bits per heavy atom. The van der Waals surface area contributed by atoms with Gasteiger partial charge in [-0.2, -0.15) is 0 Å². The molecule has 29 heavy (non-hydrogen) atoms. The lowest BCUT2D eigenvalue weighted by Crippen LogP contribution is -2.43. The Labute approximate surface area is 175 Å². The fourth-order valence-electron chi connectivity index (χ4n) is 2.99. The van der Waals surface area contributed by atoms with Crippen molar-refractivity contribution in [2.45, 2.75) is 57.8 Å². The van der Waals surface area contributed by atoms with Gasteiger partial charge in [0.05, 0.1) is 23.8 Å². The van der Waals surface area contributed by atoms with Crippen molar-refractivity contribution in [2.24, 2.45) is 5.92 Å². The number of thioether (sulfide) groups is 1. The molecule has 0 aliphatic rings. The summed E-state index contributed by atoms with van der Waals surface area (Å²) in [5, 5.41) is 3.79. The molecule has 7 nitrogen and oxygen atoms in total. The zero-order valence-electron chi connectivity index (χ0n) is 17.6. The molecule has 0 radical (unpaired) electrons. The van der Waals surface area contributed by atoms with Gasteiger partial charge >= 0.3 is 5.97 Å². The highest BCUT2D eigenvalue weighted by atomic mass is 32.2. The summed E-state index contributed by atoms with van der Waals surface area (Å²) in [7, 11) is 1.31. The lowest BCUT2D eigenvalue weighted by Gasteiger charge is -2.20. The highest BCUT2D eigenvalue weighted by Crippen LogP contribution is 2.22. The van der Waals surface area contributed by atoms with Crippen LogP contribution in [0.15, 0.2) is 34.2 Å². The molecule has 0 fully saturated rings. The maximum absolute atomic E-state index is 13.0. The molecule has 8 heteroatoms. The van der Waals surface area contributed by atoms with E-state index in [0.29, 0.717) is 22.5 Å². The summed E-state index contributed by atoms with van der Waals surface area (Å²) in [6.45, 7) is 7.90. The van der Waals surface area contributed by atoms with E-state index in [1.54, 1.807) is 16.7 Å². The van der Waals surface area contributed by atoms with Gasteiger partial charge in [-0.1, -0.05) is 44.7 Å². The monoisotopic (exact) mass is 419 g/mol. The number of rotatable bonds is 9. The second-order valence-electron chi connectivity index (χ2n) is 7.41. The zero-order valence-corrected chi connectivity index (χ0v) is 18.4. The second-order valence-corrected chi connectivity index (χ2v) is 8.35. The summed E-state index contributed by atoms with van der Waals surface area (Å²) in [4.78, 5) is 42.0. The number of aromatic nitrogens is 2. The number of methoxy groups -OCH3 is 1. The molecule has 1 aromatic heterocycles. The van der Waals surface area contributed by atoms with Gasteiger partial charge in [0, 0.05) is 6.04 Å². The van der Waals surface area contributed by atoms with Crippen LogP contribution in [0.2, 0.25) is 0 Å². The van der Waals surface area contributed by atoms with Crippen LogP contribution >= 0.6 is 11.8 Å². The molecule has 0 unspecified atom stereocenters.